The smallest absolute Gasteiger partial charge is 0.242 e. The number of nitrogens with one attached hydrogen (secondary N) is 1. The number of halogens is 1. The Morgan fingerprint density at radius 1 is 0.971 bits per heavy atom. The van der Waals surface area contributed by atoms with Gasteiger partial charge in [-0.2, -0.15) is 0 Å². The molecule has 34 heavy (non-hydrogen) atoms. The predicted octanol–water partition coefficient (Wildman–Crippen LogP) is 5.91. The molecule has 2 amide bonds. The van der Waals surface area contributed by atoms with Crippen LogP contribution in [0.2, 0.25) is 5.02 Å². The molecule has 0 bridgehead atoms. The van der Waals surface area contributed by atoms with Crippen LogP contribution in [0.4, 0.5) is 0 Å². The highest BCUT2D eigenvalue weighted by Crippen LogP contribution is 2.22. The van der Waals surface area contributed by atoms with Crippen molar-refractivity contribution in [2.45, 2.75) is 43.7 Å². The molecule has 0 aliphatic rings. The van der Waals surface area contributed by atoms with Gasteiger partial charge in [0.05, 0.1) is 0 Å². The summed E-state index contributed by atoms with van der Waals surface area (Å²) in [5.74, 6) is 0.651. The van der Waals surface area contributed by atoms with Crippen molar-refractivity contribution in [3.8, 4) is 0 Å². The lowest BCUT2D eigenvalue weighted by molar-refractivity contribution is -0.141. The van der Waals surface area contributed by atoms with Gasteiger partial charge in [0.1, 0.15) is 6.04 Å². The Morgan fingerprint density at radius 2 is 1.68 bits per heavy atom. The molecule has 0 radical (unpaired) electrons. The zero-order valence-electron chi connectivity index (χ0n) is 19.7. The van der Waals surface area contributed by atoms with Gasteiger partial charge in [-0.3, -0.25) is 9.59 Å². The number of amides is 2. The van der Waals surface area contributed by atoms with E-state index in [0.717, 1.165) is 33.8 Å². The van der Waals surface area contributed by atoms with Gasteiger partial charge in [0, 0.05) is 36.4 Å². The Hall–Kier alpha value is -2.76. The van der Waals surface area contributed by atoms with E-state index in [0.29, 0.717) is 24.4 Å². The molecule has 3 aromatic rings. The normalized spacial score (nSPS) is 11.6. The van der Waals surface area contributed by atoms with Crippen LogP contribution in [0.1, 0.15) is 29.5 Å². The summed E-state index contributed by atoms with van der Waals surface area (Å²) >= 11 is 7.66. The molecule has 0 saturated heterocycles. The number of thioether (sulfide) groups is 1. The first kappa shape index (κ1) is 25.9. The van der Waals surface area contributed by atoms with Crippen molar-refractivity contribution in [2.75, 3.05) is 12.8 Å². The van der Waals surface area contributed by atoms with Crippen molar-refractivity contribution in [2.24, 2.45) is 0 Å². The van der Waals surface area contributed by atoms with Gasteiger partial charge in [-0.1, -0.05) is 71.8 Å². The number of rotatable bonds is 11. The van der Waals surface area contributed by atoms with Crippen LogP contribution >= 0.6 is 23.4 Å². The monoisotopic (exact) mass is 494 g/mol. The van der Waals surface area contributed by atoms with Gasteiger partial charge >= 0.3 is 0 Å². The first-order chi connectivity index (χ1) is 16.5. The van der Waals surface area contributed by atoms with Crippen LogP contribution in [-0.2, 0) is 22.6 Å². The minimum absolute atomic E-state index is 0.0113. The second-order valence-electron chi connectivity index (χ2n) is 8.24. The van der Waals surface area contributed by atoms with Gasteiger partial charge in [0.2, 0.25) is 11.8 Å². The summed E-state index contributed by atoms with van der Waals surface area (Å²) in [6, 6.07) is 25.1. The molecule has 0 aliphatic carbocycles. The Labute approximate surface area is 211 Å². The minimum atomic E-state index is -0.579. The fraction of sp³-hybridized carbons (Fsp3) is 0.286. The standard InChI is InChI=1S/C28H31ClN2O2S/c1-21-8-6-11-23(18-21)20-31(26(28(33)30-2)19-22-9-4-3-5-10-22)27(32)12-7-17-34-25-15-13-24(29)14-16-25/h3-6,8-11,13-16,18,26H,7,12,17,19-20H2,1-2H3,(H,30,33). The van der Waals surface area contributed by atoms with Gasteiger partial charge in [-0.05, 0) is 54.5 Å². The summed E-state index contributed by atoms with van der Waals surface area (Å²) in [6.07, 6.45) is 1.58. The average Bonchev–Trinajstić information content (AvgIpc) is 2.85. The fourth-order valence-corrected chi connectivity index (χ4v) is 4.79. The molecule has 1 atom stereocenters. The van der Waals surface area contributed by atoms with E-state index in [1.54, 1.807) is 23.7 Å². The third-order valence-corrected chi connectivity index (χ3v) is 6.92. The molecule has 6 heteroatoms. The summed E-state index contributed by atoms with van der Waals surface area (Å²) in [6.45, 7) is 2.43. The highest BCUT2D eigenvalue weighted by Gasteiger charge is 2.29. The van der Waals surface area contributed by atoms with Crippen LogP contribution in [-0.4, -0.2) is 35.6 Å². The first-order valence-electron chi connectivity index (χ1n) is 11.4. The highest BCUT2D eigenvalue weighted by molar-refractivity contribution is 7.99. The SMILES string of the molecule is CNC(=O)C(Cc1ccccc1)N(Cc1cccc(C)c1)C(=O)CCCSc1ccc(Cl)cc1. The van der Waals surface area contributed by atoms with Crippen molar-refractivity contribution in [3.63, 3.8) is 0 Å². The van der Waals surface area contributed by atoms with Gasteiger partial charge in [-0.25, -0.2) is 0 Å². The number of likely N-dealkylation sites (N-methyl/N-ethyl adjacent to an activating group) is 1. The predicted molar refractivity (Wildman–Crippen MR) is 141 cm³/mol. The maximum Gasteiger partial charge on any atom is 0.242 e. The molecular formula is C28H31ClN2O2S. The molecule has 178 valence electrons. The van der Waals surface area contributed by atoms with E-state index in [1.165, 1.54) is 0 Å². The lowest BCUT2D eigenvalue weighted by Crippen LogP contribution is -2.49. The largest absolute Gasteiger partial charge is 0.357 e. The van der Waals surface area contributed by atoms with Gasteiger partial charge < -0.3 is 10.2 Å². The molecule has 3 aromatic carbocycles. The van der Waals surface area contributed by atoms with Crippen molar-refractivity contribution >= 4 is 35.2 Å². The zero-order valence-corrected chi connectivity index (χ0v) is 21.2. The van der Waals surface area contributed by atoms with E-state index in [9.17, 15) is 9.59 Å². The number of hydrogen-bond donors (Lipinski definition) is 1. The Kier molecular flexibility index (Phi) is 10.0. The summed E-state index contributed by atoms with van der Waals surface area (Å²) in [7, 11) is 1.62. The van der Waals surface area contributed by atoms with Gasteiger partial charge in [0.15, 0.2) is 0 Å². The quantitative estimate of drug-likeness (QED) is 0.266. The van der Waals surface area contributed by atoms with Crippen molar-refractivity contribution in [1.29, 1.82) is 0 Å². The van der Waals surface area contributed by atoms with Crippen molar-refractivity contribution in [1.82, 2.24) is 10.2 Å². The molecule has 4 nitrogen and oxygen atoms in total. The summed E-state index contributed by atoms with van der Waals surface area (Å²) in [4.78, 5) is 29.3. The molecule has 0 saturated carbocycles. The maximum absolute atomic E-state index is 13.5. The summed E-state index contributed by atoms with van der Waals surface area (Å²) in [5.41, 5.74) is 3.17. The topological polar surface area (TPSA) is 49.4 Å². The van der Waals surface area contributed by atoms with E-state index in [4.69, 9.17) is 11.6 Å². The molecule has 0 fully saturated rings. The third-order valence-electron chi connectivity index (χ3n) is 5.57. The van der Waals surface area contributed by atoms with Gasteiger partial charge in [-0.15, -0.1) is 11.8 Å². The lowest BCUT2D eigenvalue weighted by Gasteiger charge is -2.31. The molecule has 1 N–H and O–H groups in total. The van der Waals surface area contributed by atoms with Gasteiger partial charge in [0.25, 0.3) is 0 Å². The molecule has 0 heterocycles. The minimum Gasteiger partial charge on any atom is -0.357 e. The maximum atomic E-state index is 13.5. The number of aryl methyl sites for hydroxylation is 1. The second kappa shape index (κ2) is 13.2. The van der Waals surface area contributed by atoms with Crippen LogP contribution in [0.3, 0.4) is 0 Å². The summed E-state index contributed by atoms with van der Waals surface area (Å²) in [5, 5.41) is 3.48. The van der Waals surface area contributed by atoms with Crippen molar-refractivity contribution in [3.05, 3.63) is 101 Å². The van der Waals surface area contributed by atoms with E-state index in [2.05, 4.69) is 11.4 Å². The van der Waals surface area contributed by atoms with E-state index < -0.39 is 6.04 Å². The Morgan fingerprint density at radius 3 is 2.35 bits per heavy atom. The molecule has 0 spiro atoms. The third kappa shape index (κ3) is 7.93. The van der Waals surface area contributed by atoms with Crippen LogP contribution in [0.15, 0.2) is 83.8 Å². The van der Waals surface area contributed by atoms with E-state index >= 15 is 0 Å². The average molecular weight is 495 g/mol. The Balaban J connectivity index is 1.74. The number of carbonyl (C=O) groups is 2. The number of nitrogens with zero attached hydrogens (tertiary/aromatic N) is 1. The van der Waals surface area contributed by atoms with E-state index in [-0.39, 0.29) is 11.8 Å². The van der Waals surface area contributed by atoms with Crippen LogP contribution < -0.4 is 5.32 Å². The first-order valence-corrected chi connectivity index (χ1v) is 12.8. The molecule has 1 unspecified atom stereocenters. The summed E-state index contributed by atoms with van der Waals surface area (Å²) < 4.78 is 0. The lowest BCUT2D eigenvalue weighted by atomic mass is 10.0. The molecule has 0 aliphatic heterocycles. The van der Waals surface area contributed by atoms with E-state index in [1.807, 2.05) is 79.7 Å². The second-order valence-corrected chi connectivity index (χ2v) is 9.84. The number of benzene rings is 3. The molecular weight excluding hydrogens is 464 g/mol. The number of carbonyl (C=O) groups excluding carboxylic acids is 2. The van der Waals surface area contributed by atoms with Crippen LogP contribution in [0.5, 0.6) is 0 Å². The van der Waals surface area contributed by atoms with Crippen LogP contribution in [0.25, 0.3) is 0 Å². The molecule has 0 aromatic heterocycles. The molecule has 3 rings (SSSR count). The van der Waals surface area contributed by atoms with Crippen LogP contribution in [0, 0.1) is 6.92 Å². The Bertz CT molecular complexity index is 1070. The highest BCUT2D eigenvalue weighted by atomic mass is 35.5. The number of hydrogen-bond acceptors (Lipinski definition) is 3. The zero-order chi connectivity index (χ0) is 24.3. The van der Waals surface area contributed by atoms with Crippen molar-refractivity contribution < 1.29 is 9.59 Å². The fourth-order valence-electron chi connectivity index (χ4n) is 3.82.